The van der Waals surface area contributed by atoms with Gasteiger partial charge in [0.25, 0.3) is 0 Å². The van der Waals surface area contributed by atoms with Crippen LogP contribution in [0.2, 0.25) is 0 Å². The van der Waals surface area contributed by atoms with Gasteiger partial charge < -0.3 is 24.4 Å². The molecular formula is C27H40N2O4. The summed E-state index contributed by atoms with van der Waals surface area (Å²) in [4.78, 5) is 15.1. The molecule has 0 radical (unpaired) electrons. The quantitative estimate of drug-likeness (QED) is 0.656. The third-order valence-corrected chi connectivity index (χ3v) is 8.33. The van der Waals surface area contributed by atoms with Crippen LogP contribution in [0.25, 0.3) is 0 Å². The number of benzene rings is 1. The van der Waals surface area contributed by atoms with E-state index in [1.54, 1.807) is 0 Å². The number of likely N-dealkylation sites (tertiary alicyclic amines) is 1. The highest BCUT2D eigenvalue weighted by molar-refractivity contribution is 5.76. The Morgan fingerprint density at radius 1 is 0.939 bits per heavy atom. The minimum Gasteiger partial charge on any atom is -0.454 e. The number of fused-ring (bicyclic) bond motifs is 1. The molecular weight excluding hydrogens is 416 g/mol. The van der Waals surface area contributed by atoms with Gasteiger partial charge in [-0.2, -0.15) is 0 Å². The number of amides is 1. The maximum Gasteiger partial charge on any atom is 0.231 e. The number of nitrogens with one attached hydrogen (secondary N) is 1. The van der Waals surface area contributed by atoms with Crippen LogP contribution < -0.4 is 14.8 Å². The summed E-state index contributed by atoms with van der Waals surface area (Å²) >= 11 is 0. The molecule has 0 unspecified atom stereocenters. The fourth-order valence-corrected chi connectivity index (χ4v) is 6.20. The summed E-state index contributed by atoms with van der Waals surface area (Å²) in [5.41, 5.74) is 1.34. The standard InChI is InChI=1S/C27H40N2O4/c30-26(18-21-11-16-31-17-12-21)28-23-6-4-20(5-7-23)8-13-29-14-9-22(10-15-29)24-2-1-3-25-27(24)33-19-32-25/h1-3,20-23H,4-19H2,(H,28,30). The molecule has 1 aliphatic carbocycles. The third-order valence-electron chi connectivity index (χ3n) is 8.33. The topological polar surface area (TPSA) is 60.0 Å². The Bertz CT molecular complexity index is 778. The van der Waals surface area contributed by atoms with Gasteiger partial charge >= 0.3 is 0 Å². The number of hydrogen-bond acceptors (Lipinski definition) is 5. The van der Waals surface area contributed by atoms with E-state index in [4.69, 9.17) is 14.2 Å². The summed E-state index contributed by atoms with van der Waals surface area (Å²) < 4.78 is 16.7. The molecule has 33 heavy (non-hydrogen) atoms. The van der Waals surface area contributed by atoms with E-state index in [-0.39, 0.29) is 5.91 Å². The van der Waals surface area contributed by atoms with E-state index in [1.807, 2.05) is 6.07 Å². The highest BCUT2D eigenvalue weighted by Crippen LogP contribution is 2.42. The lowest BCUT2D eigenvalue weighted by Crippen LogP contribution is -2.39. The molecule has 5 rings (SSSR count). The Morgan fingerprint density at radius 2 is 1.73 bits per heavy atom. The number of carbonyl (C=O) groups is 1. The van der Waals surface area contributed by atoms with Crippen LogP contribution in [-0.4, -0.2) is 56.5 Å². The van der Waals surface area contributed by atoms with Crippen LogP contribution in [0.1, 0.15) is 75.7 Å². The minimum absolute atomic E-state index is 0.259. The normalized spacial score (nSPS) is 26.9. The summed E-state index contributed by atoms with van der Waals surface area (Å²) in [5.74, 6) is 4.06. The molecule has 1 saturated carbocycles. The average molecular weight is 457 g/mol. The first-order chi connectivity index (χ1) is 16.2. The van der Waals surface area contributed by atoms with Crippen LogP contribution in [0.15, 0.2) is 18.2 Å². The molecule has 0 aromatic heterocycles. The summed E-state index contributed by atoms with van der Waals surface area (Å²) in [7, 11) is 0. The first kappa shape index (κ1) is 23.0. The van der Waals surface area contributed by atoms with Gasteiger partial charge in [-0.05, 0) is 101 Å². The molecule has 1 aromatic carbocycles. The molecule has 3 fully saturated rings. The van der Waals surface area contributed by atoms with Gasteiger partial charge in [-0.25, -0.2) is 0 Å². The van der Waals surface area contributed by atoms with Crippen LogP contribution in [0.3, 0.4) is 0 Å². The zero-order chi connectivity index (χ0) is 22.5. The van der Waals surface area contributed by atoms with Crippen LogP contribution in [0.5, 0.6) is 11.5 Å². The van der Waals surface area contributed by atoms with E-state index in [9.17, 15) is 4.79 Å². The monoisotopic (exact) mass is 456 g/mol. The SMILES string of the molecule is O=C(CC1CCOCC1)NC1CCC(CCN2CCC(c3cccc4c3OCO4)CC2)CC1. The van der Waals surface area contributed by atoms with Crippen LogP contribution >= 0.6 is 0 Å². The number of carbonyl (C=O) groups excluding carboxylic acids is 1. The van der Waals surface area contributed by atoms with Crippen LogP contribution in [-0.2, 0) is 9.53 Å². The van der Waals surface area contributed by atoms with Crippen molar-refractivity contribution in [1.82, 2.24) is 10.2 Å². The van der Waals surface area contributed by atoms with Gasteiger partial charge in [0.05, 0.1) is 0 Å². The fourth-order valence-electron chi connectivity index (χ4n) is 6.20. The Hall–Kier alpha value is -1.79. The van der Waals surface area contributed by atoms with Gasteiger partial charge in [-0.15, -0.1) is 0 Å². The molecule has 3 heterocycles. The minimum atomic E-state index is 0.259. The predicted octanol–water partition coefficient (Wildman–Crippen LogP) is 4.48. The highest BCUT2D eigenvalue weighted by atomic mass is 16.7. The second-order valence-corrected chi connectivity index (χ2v) is 10.5. The van der Waals surface area contributed by atoms with Crippen molar-refractivity contribution in [2.45, 2.75) is 76.2 Å². The van der Waals surface area contributed by atoms with Gasteiger partial charge in [-0.3, -0.25) is 4.79 Å². The first-order valence-corrected chi connectivity index (χ1v) is 13.2. The molecule has 4 aliphatic rings. The molecule has 1 aromatic rings. The van der Waals surface area contributed by atoms with Crippen molar-refractivity contribution >= 4 is 5.91 Å². The molecule has 1 N–H and O–H groups in total. The van der Waals surface area contributed by atoms with E-state index in [1.165, 1.54) is 57.3 Å². The van der Waals surface area contributed by atoms with E-state index in [0.717, 1.165) is 56.3 Å². The molecule has 6 heteroatoms. The van der Waals surface area contributed by atoms with E-state index < -0.39 is 0 Å². The molecule has 0 atom stereocenters. The maximum absolute atomic E-state index is 12.4. The molecule has 182 valence electrons. The highest BCUT2D eigenvalue weighted by Gasteiger charge is 2.28. The summed E-state index contributed by atoms with van der Waals surface area (Å²) in [6.07, 6.45) is 11.3. The number of nitrogens with zero attached hydrogens (tertiary/aromatic N) is 1. The first-order valence-electron chi connectivity index (χ1n) is 13.2. The number of piperidine rings is 1. The Balaban J connectivity index is 0.980. The second kappa shape index (κ2) is 11.1. The van der Waals surface area contributed by atoms with Crippen molar-refractivity contribution in [3.05, 3.63) is 23.8 Å². The van der Waals surface area contributed by atoms with Crippen molar-refractivity contribution in [2.24, 2.45) is 11.8 Å². The molecule has 0 bridgehead atoms. The maximum atomic E-state index is 12.4. The zero-order valence-corrected chi connectivity index (χ0v) is 19.9. The average Bonchev–Trinajstić information content (AvgIpc) is 3.34. The molecule has 2 saturated heterocycles. The Kier molecular flexibility index (Phi) is 7.72. The predicted molar refractivity (Wildman–Crippen MR) is 128 cm³/mol. The second-order valence-electron chi connectivity index (χ2n) is 10.5. The van der Waals surface area contributed by atoms with Gasteiger partial charge in [-0.1, -0.05) is 12.1 Å². The van der Waals surface area contributed by atoms with Crippen molar-refractivity contribution in [1.29, 1.82) is 0 Å². The van der Waals surface area contributed by atoms with Gasteiger partial charge in [0.2, 0.25) is 12.7 Å². The largest absolute Gasteiger partial charge is 0.454 e. The van der Waals surface area contributed by atoms with Crippen LogP contribution in [0, 0.1) is 11.8 Å². The Labute approximate surface area is 198 Å². The summed E-state index contributed by atoms with van der Waals surface area (Å²) in [6.45, 7) is 5.55. The van der Waals surface area contributed by atoms with E-state index in [2.05, 4.69) is 22.3 Å². The zero-order valence-electron chi connectivity index (χ0n) is 19.9. The third kappa shape index (κ3) is 6.02. The van der Waals surface area contributed by atoms with E-state index >= 15 is 0 Å². The summed E-state index contributed by atoms with van der Waals surface area (Å²) in [5, 5.41) is 3.32. The van der Waals surface area contributed by atoms with Crippen molar-refractivity contribution < 1.29 is 19.0 Å². The van der Waals surface area contributed by atoms with Crippen molar-refractivity contribution in [3.8, 4) is 11.5 Å². The summed E-state index contributed by atoms with van der Waals surface area (Å²) in [6, 6.07) is 6.71. The molecule has 0 spiro atoms. The molecule has 6 nitrogen and oxygen atoms in total. The lowest BCUT2D eigenvalue weighted by atomic mass is 9.83. The number of rotatable bonds is 7. The van der Waals surface area contributed by atoms with Crippen molar-refractivity contribution in [2.75, 3.05) is 39.6 Å². The molecule has 1 amide bonds. The van der Waals surface area contributed by atoms with Crippen LogP contribution in [0.4, 0.5) is 0 Å². The van der Waals surface area contributed by atoms with Crippen molar-refractivity contribution in [3.63, 3.8) is 0 Å². The number of para-hydroxylation sites is 1. The Morgan fingerprint density at radius 3 is 2.52 bits per heavy atom. The lowest BCUT2D eigenvalue weighted by molar-refractivity contribution is -0.123. The van der Waals surface area contributed by atoms with Gasteiger partial charge in [0.15, 0.2) is 11.5 Å². The number of ether oxygens (including phenoxy) is 3. The van der Waals surface area contributed by atoms with Gasteiger partial charge in [0.1, 0.15) is 0 Å². The number of hydrogen-bond donors (Lipinski definition) is 1. The fraction of sp³-hybridized carbons (Fsp3) is 0.741. The lowest BCUT2D eigenvalue weighted by Gasteiger charge is -2.35. The van der Waals surface area contributed by atoms with E-state index in [0.29, 0.717) is 31.1 Å². The van der Waals surface area contributed by atoms with Gasteiger partial charge in [0, 0.05) is 31.2 Å². The smallest absolute Gasteiger partial charge is 0.231 e. The molecule has 3 aliphatic heterocycles.